The van der Waals surface area contributed by atoms with E-state index >= 15 is 0 Å². The van der Waals surface area contributed by atoms with E-state index in [2.05, 4.69) is 69.9 Å². The molecule has 0 N–H and O–H groups in total. The molecule has 0 saturated heterocycles. The van der Waals surface area contributed by atoms with Crippen LogP contribution in [0.15, 0.2) is 60.7 Å². The zero-order valence-electron chi connectivity index (χ0n) is 18.5. The van der Waals surface area contributed by atoms with Crippen molar-refractivity contribution < 1.29 is 0 Å². The second kappa shape index (κ2) is 16.6. The molecule has 0 aliphatic rings. The largest absolute Gasteiger partial charge is 0.138 e. The summed E-state index contributed by atoms with van der Waals surface area (Å²) < 4.78 is 0. The molecule has 1 atom stereocenters. The summed E-state index contributed by atoms with van der Waals surface area (Å²) in [4.78, 5) is 0. The molecular weight excluding hydrogens is 367 g/mol. The van der Waals surface area contributed by atoms with Crippen LogP contribution in [0, 0.1) is 0 Å². The van der Waals surface area contributed by atoms with E-state index in [0.717, 1.165) is 0 Å². The number of unbranched alkanes of at least 4 members (excludes halogenated alkanes) is 12. The molecule has 0 spiro atoms. The van der Waals surface area contributed by atoms with Crippen LogP contribution in [0.1, 0.15) is 107 Å². The van der Waals surface area contributed by atoms with E-state index in [0.29, 0.717) is 5.92 Å². The predicted octanol–water partition coefficient (Wildman–Crippen LogP) is 9.16. The molecule has 0 aliphatic carbocycles. The predicted molar refractivity (Wildman–Crippen MR) is 134 cm³/mol. The van der Waals surface area contributed by atoms with Crippen molar-refractivity contribution in [2.24, 2.45) is 0 Å². The molecule has 29 heavy (non-hydrogen) atoms. The van der Waals surface area contributed by atoms with Gasteiger partial charge in [-0.3, -0.25) is 0 Å². The van der Waals surface area contributed by atoms with Gasteiger partial charge in [0.2, 0.25) is 0 Å². The van der Waals surface area contributed by atoms with Gasteiger partial charge in [0.1, 0.15) is 0 Å². The lowest BCUT2D eigenvalue weighted by Gasteiger charge is -2.18. The molecule has 0 amide bonds. The van der Waals surface area contributed by atoms with Crippen molar-refractivity contribution in [1.29, 1.82) is 0 Å². The van der Waals surface area contributed by atoms with Gasteiger partial charge >= 0.3 is 0 Å². The lowest BCUT2D eigenvalue weighted by atomic mass is 9.87. The van der Waals surface area contributed by atoms with Gasteiger partial charge in [-0.2, -0.15) is 0 Å². The van der Waals surface area contributed by atoms with Crippen LogP contribution in [0.5, 0.6) is 0 Å². The van der Waals surface area contributed by atoms with Crippen molar-refractivity contribution >= 4 is 9.24 Å². The molecule has 0 nitrogen and oxygen atoms in total. The smallest absolute Gasteiger partial charge is 0.00893 e. The summed E-state index contributed by atoms with van der Waals surface area (Å²) in [6.45, 7) is 0. The lowest BCUT2D eigenvalue weighted by molar-refractivity contribution is 0.530. The summed E-state index contributed by atoms with van der Waals surface area (Å²) in [5, 5.41) is 0. The lowest BCUT2D eigenvalue weighted by Crippen LogP contribution is -2.01. The van der Waals surface area contributed by atoms with Crippen molar-refractivity contribution in [3.8, 4) is 0 Å². The average molecular weight is 411 g/mol. The first-order valence-electron chi connectivity index (χ1n) is 12.2. The molecule has 2 aromatic carbocycles. The Hall–Kier alpha value is -1.13. The van der Waals surface area contributed by atoms with Crippen LogP contribution in [0.2, 0.25) is 0 Å². The molecule has 2 rings (SSSR count). The molecule has 0 radical (unpaired) electrons. The quantitative estimate of drug-likeness (QED) is 0.180. The Balaban J connectivity index is 1.52. The molecule has 1 unspecified atom stereocenters. The SMILES string of the molecule is PCCCCCCCCCCCCCCCC(c1ccccc1)c1ccccc1. The molecule has 2 aromatic rings. The first-order valence-corrected chi connectivity index (χ1v) is 13.0. The van der Waals surface area contributed by atoms with E-state index in [1.54, 1.807) is 0 Å². The fraction of sp³-hybridized carbons (Fsp3) is 0.571. The summed E-state index contributed by atoms with van der Waals surface area (Å²) in [6, 6.07) is 22.1. The van der Waals surface area contributed by atoms with Crippen LogP contribution < -0.4 is 0 Å². The van der Waals surface area contributed by atoms with Gasteiger partial charge < -0.3 is 0 Å². The van der Waals surface area contributed by atoms with Crippen molar-refractivity contribution in [2.75, 3.05) is 6.16 Å². The van der Waals surface area contributed by atoms with Gasteiger partial charge in [0.15, 0.2) is 0 Å². The van der Waals surface area contributed by atoms with E-state index in [-0.39, 0.29) is 0 Å². The highest BCUT2D eigenvalue weighted by molar-refractivity contribution is 7.16. The Morgan fingerprint density at radius 1 is 0.448 bits per heavy atom. The maximum absolute atomic E-state index is 2.84. The Morgan fingerprint density at radius 2 is 0.793 bits per heavy atom. The minimum Gasteiger partial charge on any atom is -0.138 e. The minimum atomic E-state index is 0.550. The summed E-state index contributed by atoms with van der Waals surface area (Å²) in [5.41, 5.74) is 2.93. The van der Waals surface area contributed by atoms with Crippen molar-refractivity contribution in [3.05, 3.63) is 71.8 Å². The third-order valence-corrected chi connectivity index (χ3v) is 6.51. The molecule has 0 heterocycles. The Bertz CT molecular complexity index is 553. The monoisotopic (exact) mass is 410 g/mol. The van der Waals surface area contributed by atoms with Gasteiger partial charge in [-0.1, -0.05) is 138 Å². The van der Waals surface area contributed by atoms with Crippen LogP contribution in [0.4, 0.5) is 0 Å². The average Bonchev–Trinajstić information content (AvgIpc) is 2.78. The Kier molecular flexibility index (Phi) is 13.9. The van der Waals surface area contributed by atoms with Crippen LogP contribution in [-0.2, 0) is 0 Å². The number of hydrogen-bond acceptors (Lipinski definition) is 0. The summed E-state index contributed by atoms with van der Waals surface area (Å²) in [6.07, 6.45) is 21.1. The van der Waals surface area contributed by atoms with Gasteiger partial charge in [0.05, 0.1) is 0 Å². The minimum absolute atomic E-state index is 0.550. The maximum atomic E-state index is 2.84. The third kappa shape index (κ3) is 11.0. The molecule has 0 aliphatic heterocycles. The number of rotatable bonds is 17. The van der Waals surface area contributed by atoms with Crippen molar-refractivity contribution in [2.45, 2.75) is 95.8 Å². The molecule has 0 bridgehead atoms. The summed E-state index contributed by atoms with van der Waals surface area (Å²) in [7, 11) is 2.84. The van der Waals surface area contributed by atoms with E-state index < -0.39 is 0 Å². The first-order chi connectivity index (χ1) is 14.4. The zero-order chi connectivity index (χ0) is 20.4. The van der Waals surface area contributed by atoms with Crippen LogP contribution in [0.3, 0.4) is 0 Å². The highest BCUT2D eigenvalue weighted by atomic mass is 31.0. The van der Waals surface area contributed by atoms with Gasteiger partial charge in [0, 0.05) is 5.92 Å². The van der Waals surface area contributed by atoms with Gasteiger partial charge in [-0.15, -0.1) is 9.24 Å². The maximum Gasteiger partial charge on any atom is 0.00893 e. The van der Waals surface area contributed by atoms with Gasteiger partial charge in [-0.05, 0) is 30.1 Å². The van der Waals surface area contributed by atoms with E-state index in [1.807, 2.05) is 0 Å². The Morgan fingerprint density at radius 3 is 1.17 bits per heavy atom. The summed E-state index contributed by atoms with van der Waals surface area (Å²) >= 11 is 0. The van der Waals surface area contributed by atoms with Gasteiger partial charge in [0.25, 0.3) is 0 Å². The molecule has 0 saturated carbocycles. The number of hydrogen-bond donors (Lipinski definition) is 0. The normalized spacial score (nSPS) is 11.2. The van der Waals surface area contributed by atoms with Crippen molar-refractivity contribution in [3.63, 3.8) is 0 Å². The topological polar surface area (TPSA) is 0 Å². The fourth-order valence-corrected chi connectivity index (χ4v) is 4.62. The first kappa shape index (κ1) is 24.1. The molecular formula is C28H43P. The van der Waals surface area contributed by atoms with Crippen LogP contribution >= 0.6 is 9.24 Å². The molecule has 1 heteroatoms. The van der Waals surface area contributed by atoms with Crippen molar-refractivity contribution in [1.82, 2.24) is 0 Å². The van der Waals surface area contributed by atoms with Crippen LogP contribution in [0.25, 0.3) is 0 Å². The number of benzene rings is 2. The fourth-order valence-electron chi connectivity index (χ4n) is 4.33. The Labute approximate surface area is 183 Å². The third-order valence-electron chi connectivity index (χ3n) is 6.10. The van der Waals surface area contributed by atoms with E-state index in [4.69, 9.17) is 0 Å². The van der Waals surface area contributed by atoms with E-state index in [1.165, 1.54) is 107 Å². The second-order valence-electron chi connectivity index (χ2n) is 8.55. The second-order valence-corrected chi connectivity index (χ2v) is 9.12. The zero-order valence-corrected chi connectivity index (χ0v) is 19.7. The molecule has 0 aromatic heterocycles. The molecule has 160 valence electrons. The highest BCUT2D eigenvalue weighted by Gasteiger charge is 2.13. The van der Waals surface area contributed by atoms with Crippen LogP contribution in [-0.4, -0.2) is 6.16 Å². The van der Waals surface area contributed by atoms with Gasteiger partial charge in [-0.25, -0.2) is 0 Å². The standard InChI is InChI=1S/C28H43P/c29-25-19-11-9-7-5-3-1-2-4-6-8-10-18-24-28(26-20-14-12-15-21-26)27-22-16-13-17-23-27/h12-17,20-23,28H,1-11,18-19,24-25,29H2. The highest BCUT2D eigenvalue weighted by Crippen LogP contribution is 2.30. The summed E-state index contributed by atoms with van der Waals surface area (Å²) in [5.74, 6) is 0.550. The molecule has 0 fully saturated rings. The van der Waals surface area contributed by atoms with E-state index in [9.17, 15) is 0 Å².